The number of aliphatic hydroxyl groups is 1. The molecule has 0 aliphatic rings. The number of rotatable bonds is 8. The molecule has 35 heavy (non-hydrogen) atoms. The molecule has 0 saturated heterocycles. The lowest BCUT2D eigenvalue weighted by molar-refractivity contribution is -0.141. The molecular formula is C26H35N3O6. The number of aliphatic hydroxyl groups excluding tert-OH is 1. The van der Waals surface area contributed by atoms with Crippen molar-refractivity contribution in [3.63, 3.8) is 0 Å². The van der Waals surface area contributed by atoms with Crippen LogP contribution in [0.4, 0.5) is 10.5 Å². The number of phenolic OH excluding ortho intramolecular Hbond substituents is 1. The van der Waals surface area contributed by atoms with Crippen molar-refractivity contribution in [2.24, 2.45) is 0 Å². The number of amides is 3. The lowest BCUT2D eigenvalue weighted by atomic mass is 10.0. The molecule has 0 aliphatic heterocycles. The van der Waals surface area contributed by atoms with Crippen LogP contribution in [-0.2, 0) is 14.3 Å². The number of aryl methyl sites for hydroxylation is 2. The minimum atomic E-state index is -1.19. The third kappa shape index (κ3) is 7.71. The van der Waals surface area contributed by atoms with Gasteiger partial charge in [0.15, 0.2) is 0 Å². The van der Waals surface area contributed by atoms with Gasteiger partial charge in [0.2, 0.25) is 5.91 Å². The first-order valence-corrected chi connectivity index (χ1v) is 11.4. The highest BCUT2D eigenvalue weighted by Gasteiger charge is 2.35. The zero-order valence-corrected chi connectivity index (χ0v) is 21.1. The molecule has 0 spiro atoms. The topological polar surface area (TPSA) is 128 Å². The van der Waals surface area contributed by atoms with Crippen LogP contribution in [0.2, 0.25) is 0 Å². The van der Waals surface area contributed by atoms with Crippen molar-refractivity contribution in [2.45, 2.75) is 59.2 Å². The number of carbonyl (C=O) groups excluding carboxylic acids is 3. The van der Waals surface area contributed by atoms with E-state index in [4.69, 9.17) is 4.74 Å². The maximum absolute atomic E-state index is 13.6. The number of alkyl carbamates (subject to hydrolysis) is 1. The largest absolute Gasteiger partial charge is 0.508 e. The molecule has 2 unspecified atom stereocenters. The highest BCUT2D eigenvalue weighted by molar-refractivity contribution is 5.99. The van der Waals surface area contributed by atoms with Crippen LogP contribution in [0.5, 0.6) is 5.75 Å². The zero-order valence-electron chi connectivity index (χ0n) is 21.1. The maximum Gasteiger partial charge on any atom is 0.408 e. The second kappa shape index (κ2) is 11.7. The molecule has 2 aromatic rings. The highest BCUT2D eigenvalue weighted by Crippen LogP contribution is 2.28. The van der Waals surface area contributed by atoms with Crippen LogP contribution >= 0.6 is 0 Å². The van der Waals surface area contributed by atoms with Crippen molar-refractivity contribution >= 4 is 23.6 Å². The van der Waals surface area contributed by atoms with Gasteiger partial charge in [0.05, 0.1) is 6.61 Å². The number of benzene rings is 2. The van der Waals surface area contributed by atoms with Crippen LogP contribution in [0, 0.1) is 13.8 Å². The summed E-state index contributed by atoms with van der Waals surface area (Å²) in [5.41, 5.74) is 1.88. The minimum Gasteiger partial charge on any atom is -0.508 e. The number of hydrogen-bond acceptors (Lipinski definition) is 6. The van der Waals surface area contributed by atoms with Gasteiger partial charge in [-0.15, -0.1) is 0 Å². The molecule has 0 radical (unpaired) electrons. The second-order valence-electron chi connectivity index (χ2n) is 9.38. The summed E-state index contributed by atoms with van der Waals surface area (Å²) in [6, 6.07) is 9.36. The molecule has 0 bridgehead atoms. The molecule has 4 N–H and O–H groups in total. The van der Waals surface area contributed by atoms with Gasteiger partial charge < -0.3 is 30.5 Å². The third-order valence-corrected chi connectivity index (χ3v) is 5.20. The Morgan fingerprint density at radius 2 is 1.66 bits per heavy atom. The molecule has 3 amide bonds. The maximum atomic E-state index is 13.6. The number of nitrogens with one attached hydrogen (secondary N) is 2. The number of nitrogens with zero attached hydrogens (tertiary/aromatic N) is 1. The number of carbonyl (C=O) groups is 3. The highest BCUT2D eigenvalue weighted by atomic mass is 16.6. The van der Waals surface area contributed by atoms with E-state index in [1.807, 2.05) is 32.0 Å². The summed E-state index contributed by atoms with van der Waals surface area (Å²) in [4.78, 5) is 40.4. The first-order valence-electron chi connectivity index (χ1n) is 11.4. The van der Waals surface area contributed by atoms with Gasteiger partial charge >= 0.3 is 6.09 Å². The number of aromatic hydroxyl groups is 1. The fourth-order valence-electron chi connectivity index (χ4n) is 3.64. The average Bonchev–Trinajstić information content (AvgIpc) is 2.74. The SMILES string of the molecule is Cc1cccc(C)c1NC(=O)C(c1cccc(O)c1)N(CCO)C(=O)C(C)NC(=O)OC(C)(C)C. The molecule has 9 nitrogen and oxygen atoms in total. The fraction of sp³-hybridized carbons (Fsp3) is 0.423. The van der Waals surface area contributed by atoms with Crippen LogP contribution in [0.3, 0.4) is 0 Å². The smallest absolute Gasteiger partial charge is 0.408 e. The van der Waals surface area contributed by atoms with E-state index in [-0.39, 0.29) is 12.3 Å². The van der Waals surface area contributed by atoms with Crippen molar-refractivity contribution in [3.8, 4) is 5.75 Å². The lowest BCUT2D eigenvalue weighted by Gasteiger charge is -2.33. The van der Waals surface area contributed by atoms with E-state index in [1.165, 1.54) is 24.0 Å². The van der Waals surface area contributed by atoms with Crippen LogP contribution in [0.1, 0.15) is 50.4 Å². The first-order chi connectivity index (χ1) is 16.3. The Morgan fingerprint density at radius 3 is 2.20 bits per heavy atom. The average molecular weight is 486 g/mol. The van der Waals surface area contributed by atoms with E-state index in [0.29, 0.717) is 11.3 Å². The standard InChI is InChI=1S/C26H35N3O6/c1-16-9-7-10-17(2)21(16)28-23(32)22(19-11-8-12-20(31)15-19)29(13-14-30)24(33)18(3)27-25(34)35-26(4,5)6/h7-12,15,18,22,30-31H,13-14H2,1-6H3,(H,27,34)(H,28,32). The summed E-state index contributed by atoms with van der Waals surface area (Å²) in [7, 11) is 0. The molecule has 2 atom stereocenters. The van der Waals surface area contributed by atoms with Crippen molar-refractivity contribution in [1.82, 2.24) is 10.2 Å². The Kier molecular flexibility index (Phi) is 9.25. The van der Waals surface area contributed by atoms with Gasteiger partial charge in [-0.2, -0.15) is 0 Å². The number of para-hydroxylation sites is 1. The molecule has 190 valence electrons. The van der Waals surface area contributed by atoms with Crippen LogP contribution in [0.15, 0.2) is 42.5 Å². The van der Waals surface area contributed by atoms with E-state index in [9.17, 15) is 24.6 Å². The normalized spacial score (nSPS) is 12.9. The monoisotopic (exact) mass is 485 g/mol. The summed E-state index contributed by atoms with van der Waals surface area (Å²) in [6.45, 7) is 9.69. The number of phenols is 1. The van der Waals surface area contributed by atoms with Gasteiger partial charge in [0.25, 0.3) is 5.91 Å². The summed E-state index contributed by atoms with van der Waals surface area (Å²) in [5, 5.41) is 25.2. The third-order valence-electron chi connectivity index (χ3n) is 5.20. The van der Waals surface area contributed by atoms with Gasteiger partial charge in [-0.25, -0.2) is 4.79 Å². The van der Waals surface area contributed by atoms with Crippen molar-refractivity contribution < 1.29 is 29.3 Å². The Morgan fingerprint density at radius 1 is 1.06 bits per heavy atom. The molecule has 2 aromatic carbocycles. The Hall–Kier alpha value is -3.59. The van der Waals surface area contributed by atoms with Crippen molar-refractivity contribution in [1.29, 1.82) is 0 Å². The van der Waals surface area contributed by atoms with Gasteiger partial charge in [-0.05, 0) is 70.4 Å². The van der Waals surface area contributed by atoms with Crippen LogP contribution in [-0.4, -0.2) is 57.8 Å². The summed E-state index contributed by atoms with van der Waals surface area (Å²) < 4.78 is 5.23. The van der Waals surface area contributed by atoms with E-state index < -0.39 is 42.2 Å². The van der Waals surface area contributed by atoms with Crippen LogP contribution in [0.25, 0.3) is 0 Å². The van der Waals surface area contributed by atoms with Gasteiger partial charge in [0, 0.05) is 12.2 Å². The van der Waals surface area contributed by atoms with E-state index in [1.54, 1.807) is 32.9 Å². The quantitative estimate of drug-likeness (QED) is 0.454. The predicted molar refractivity (Wildman–Crippen MR) is 133 cm³/mol. The number of anilines is 1. The Bertz CT molecular complexity index is 1040. The molecule has 0 aliphatic carbocycles. The summed E-state index contributed by atoms with van der Waals surface area (Å²) in [6.07, 6.45) is -0.781. The van der Waals surface area contributed by atoms with Crippen LogP contribution < -0.4 is 10.6 Å². The molecule has 0 saturated carbocycles. The predicted octanol–water partition coefficient (Wildman–Crippen LogP) is 3.42. The molecule has 0 fully saturated rings. The zero-order chi connectivity index (χ0) is 26.3. The summed E-state index contributed by atoms with van der Waals surface area (Å²) in [5.74, 6) is -1.21. The molecular weight excluding hydrogens is 450 g/mol. The Labute approximate surface area is 206 Å². The number of ether oxygens (including phenoxy) is 1. The van der Waals surface area contributed by atoms with Gasteiger partial charge in [0.1, 0.15) is 23.4 Å². The molecule has 0 heterocycles. The van der Waals surface area contributed by atoms with E-state index in [0.717, 1.165) is 11.1 Å². The first kappa shape index (κ1) is 27.7. The molecule has 9 heteroatoms. The summed E-state index contributed by atoms with van der Waals surface area (Å²) >= 11 is 0. The van der Waals surface area contributed by atoms with E-state index in [2.05, 4.69) is 10.6 Å². The fourth-order valence-corrected chi connectivity index (χ4v) is 3.64. The van der Waals surface area contributed by atoms with Crippen molar-refractivity contribution in [3.05, 3.63) is 59.2 Å². The lowest BCUT2D eigenvalue weighted by Crippen LogP contribution is -2.52. The van der Waals surface area contributed by atoms with Crippen molar-refractivity contribution in [2.75, 3.05) is 18.5 Å². The second-order valence-corrected chi connectivity index (χ2v) is 9.38. The van der Waals surface area contributed by atoms with Gasteiger partial charge in [-0.1, -0.05) is 30.3 Å². The Balaban J connectivity index is 2.43. The van der Waals surface area contributed by atoms with E-state index >= 15 is 0 Å². The minimum absolute atomic E-state index is 0.0799. The number of hydrogen-bond donors (Lipinski definition) is 4. The van der Waals surface area contributed by atoms with Gasteiger partial charge in [-0.3, -0.25) is 9.59 Å². The molecule has 0 aromatic heterocycles. The molecule has 2 rings (SSSR count).